The predicted octanol–water partition coefficient (Wildman–Crippen LogP) is 4.46. The van der Waals surface area contributed by atoms with Crippen LogP contribution in [0.5, 0.6) is 0 Å². The van der Waals surface area contributed by atoms with Gasteiger partial charge in [0.15, 0.2) is 17.5 Å². The number of fused-ring (bicyclic) bond motifs is 1. The van der Waals surface area contributed by atoms with Crippen molar-refractivity contribution in [3.05, 3.63) is 70.0 Å². The molecule has 3 rings (SSSR count). The van der Waals surface area contributed by atoms with Crippen molar-refractivity contribution in [2.45, 2.75) is 18.6 Å². The van der Waals surface area contributed by atoms with Gasteiger partial charge in [-0.15, -0.1) is 11.6 Å². The Bertz CT molecular complexity index is 649. The first-order valence-corrected chi connectivity index (χ1v) is 6.48. The van der Waals surface area contributed by atoms with E-state index < -0.39 is 22.8 Å². The average Bonchev–Trinajstić information content (AvgIpc) is 2.90. The van der Waals surface area contributed by atoms with Crippen molar-refractivity contribution in [3.8, 4) is 0 Å². The van der Waals surface area contributed by atoms with E-state index >= 15 is 0 Å². The minimum absolute atomic E-state index is 0.182. The van der Waals surface area contributed by atoms with Crippen molar-refractivity contribution in [1.82, 2.24) is 0 Å². The molecule has 1 heterocycles. The zero-order valence-corrected chi connectivity index (χ0v) is 11.1. The van der Waals surface area contributed by atoms with Gasteiger partial charge in [0.2, 0.25) is 0 Å². The summed E-state index contributed by atoms with van der Waals surface area (Å²) in [4.78, 5) is 0. The summed E-state index contributed by atoms with van der Waals surface area (Å²) in [6.07, 6.45) is 0. The Labute approximate surface area is 118 Å². The summed E-state index contributed by atoms with van der Waals surface area (Å²) in [7, 11) is 0. The van der Waals surface area contributed by atoms with Crippen LogP contribution in [-0.4, -0.2) is 0 Å². The molecule has 1 nitrogen and oxygen atoms in total. The first kappa shape index (κ1) is 13.5. The van der Waals surface area contributed by atoms with Gasteiger partial charge in [0.1, 0.15) is 0 Å². The lowest BCUT2D eigenvalue weighted by atomic mass is 10.00. The van der Waals surface area contributed by atoms with Crippen LogP contribution < -0.4 is 0 Å². The van der Waals surface area contributed by atoms with Crippen molar-refractivity contribution in [1.29, 1.82) is 0 Å². The zero-order valence-electron chi connectivity index (χ0n) is 10.3. The first-order valence-electron chi connectivity index (χ1n) is 6.04. The van der Waals surface area contributed by atoms with E-state index in [1.54, 1.807) is 6.07 Å². The second-order valence-corrected chi connectivity index (χ2v) is 5.12. The highest BCUT2D eigenvalue weighted by Gasteiger charge is 2.19. The van der Waals surface area contributed by atoms with Crippen molar-refractivity contribution >= 4 is 11.6 Å². The fraction of sp³-hybridized carbons (Fsp3) is 0.200. The van der Waals surface area contributed by atoms with Crippen molar-refractivity contribution < 1.29 is 17.9 Å². The molecule has 104 valence electrons. The van der Waals surface area contributed by atoms with E-state index in [0.717, 1.165) is 23.3 Å². The van der Waals surface area contributed by atoms with Crippen LogP contribution in [0.1, 0.15) is 27.6 Å². The van der Waals surface area contributed by atoms with E-state index in [9.17, 15) is 13.2 Å². The first-order chi connectivity index (χ1) is 9.56. The lowest BCUT2D eigenvalue weighted by Crippen LogP contribution is -1.99. The molecule has 0 saturated carbocycles. The molecule has 0 aromatic heterocycles. The molecule has 5 heteroatoms. The minimum Gasteiger partial charge on any atom is -0.372 e. The van der Waals surface area contributed by atoms with Crippen LogP contribution >= 0.6 is 11.6 Å². The van der Waals surface area contributed by atoms with Gasteiger partial charge in [-0.2, -0.15) is 0 Å². The maximum Gasteiger partial charge on any atom is 0.194 e. The normalized spacial score (nSPS) is 15.2. The molecule has 0 amide bonds. The van der Waals surface area contributed by atoms with E-state index in [1.807, 2.05) is 12.1 Å². The standard InChI is InChI=1S/C15H10ClF3O/c16-14(10-4-12(17)15(19)13(18)5-10)8-1-2-9-6-20-7-11(9)3-8/h1-5,14H,6-7H2. The van der Waals surface area contributed by atoms with E-state index in [1.165, 1.54) is 0 Å². The Morgan fingerprint density at radius 2 is 1.55 bits per heavy atom. The maximum absolute atomic E-state index is 13.2. The highest BCUT2D eigenvalue weighted by atomic mass is 35.5. The summed E-state index contributed by atoms with van der Waals surface area (Å²) in [6.45, 7) is 1.06. The number of benzene rings is 2. The molecule has 0 fully saturated rings. The zero-order chi connectivity index (χ0) is 14.3. The van der Waals surface area contributed by atoms with Crippen molar-refractivity contribution in [2.24, 2.45) is 0 Å². The van der Waals surface area contributed by atoms with Crippen LogP contribution in [-0.2, 0) is 18.0 Å². The number of alkyl halides is 1. The molecule has 0 spiro atoms. The Balaban J connectivity index is 1.98. The Morgan fingerprint density at radius 1 is 0.900 bits per heavy atom. The Morgan fingerprint density at radius 3 is 2.25 bits per heavy atom. The quantitative estimate of drug-likeness (QED) is 0.587. The predicted molar refractivity (Wildman–Crippen MR) is 68.9 cm³/mol. The number of hydrogen-bond donors (Lipinski definition) is 0. The second kappa shape index (κ2) is 5.11. The summed E-state index contributed by atoms with van der Waals surface area (Å²) in [5.74, 6) is -3.97. The second-order valence-electron chi connectivity index (χ2n) is 4.68. The van der Waals surface area contributed by atoms with Gasteiger partial charge in [-0.05, 0) is 34.4 Å². The molecule has 1 unspecified atom stereocenters. The fourth-order valence-electron chi connectivity index (χ4n) is 2.26. The van der Waals surface area contributed by atoms with Crippen molar-refractivity contribution in [2.75, 3.05) is 0 Å². The SMILES string of the molecule is Fc1cc(C(Cl)c2ccc3c(c2)COC3)cc(F)c1F. The smallest absolute Gasteiger partial charge is 0.194 e. The van der Waals surface area contributed by atoms with E-state index in [-0.39, 0.29) is 5.56 Å². The topological polar surface area (TPSA) is 9.23 Å². The third-order valence-corrected chi connectivity index (χ3v) is 3.84. The fourth-order valence-corrected chi connectivity index (χ4v) is 2.53. The molecule has 2 aromatic carbocycles. The number of ether oxygens (including phenoxy) is 1. The summed E-state index contributed by atoms with van der Waals surface area (Å²) in [5.41, 5.74) is 2.97. The number of halogens is 4. The monoisotopic (exact) mass is 298 g/mol. The summed E-state index contributed by atoms with van der Waals surface area (Å²) >= 11 is 6.23. The van der Waals surface area contributed by atoms with Crippen LogP contribution in [0.2, 0.25) is 0 Å². The largest absolute Gasteiger partial charge is 0.372 e. The summed E-state index contributed by atoms with van der Waals surface area (Å²) in [6, 6.07) is 7.34. The Hall–Kier alpha value is -1.52. The molecule has 0 bridgehead atoms. The lowest BCUT2D eigenvalue weighted by molar-refractivity contribution is 0.134. The van der Waals surface area contributed by atoms with Gasteiger partial charge in [0.05, 0.1) is 18.6 Å². The molecule has 1 atom stereocenters. The average molecular weight is 299 g/mol. The van der Waals surface area contributed by atoms with Gasteiger partial charge in [-0.1, -0.05) is 18.2 Å². The molecule has 20 heavy (non-hydrogen) atoms. The number of rotatable bonds is 2. The highest BCUT2D eigenvalue weighted by molar-refractivity contribution is 6.22. The van der Waals surface area contributed by atoms with Gasteiger partial charge in [-0.25, -0.2) is 13.2 Å². The van der Waals surface area contributed by atoms with Crippen LogP contribution in [0, 0.1) is 17.5 Å². The third kappa shape index (κ3) is 2.30. The molecular formula is C15H10ClF3O. The van der Waals surface area contributed by atoms with Gasteiger partial charge in [0, 0.05) is 0 Å². The van der Waals surface area contributed by atoms with Gasteiger partial charge in [0.25, 0.3) is 0 Å². The van der Waals surface area contributed by atoms with Gasteiger partial charge in [-0.3, -0.25) is 0 Å². The van der Waals surface area contributed by atoms with Crippen LogP contribution in [0.25, 0.3) is 0 Å². The summed E-state index contributed by atoms with van der Waals surface area (Å²) in [5, 5.41) is -0.745. The summed E-state index contributed by atoms with van der Waals surface area (Å²) < 4.78 is 44.7. The van der Waals surface area contributed by atoms with Crippen LogP contribution in [0.3, 0.4) is 0 Å². The molecule has 2 aromatic rings. The Kier molecular flexibility index (Phi) is 3.44. The molecule has 0 N–H and O–H groups in total. The molecule has 0 radical (unpaired) electrons. The van der Waals surface area contributed by atoms with Gasteiger partial charge < -0.3 is 4.74 Å². The maximum atomic E-state index is 13.2. The minimum atomic E-state index is -1.49. The van der Waals surface area contributed by atoms with Crippen molar-refractivity contribution in [3.63, 3.8) is 0 Å². The van der Waals surface area contributed by atoms with Crippen LogP contribution in [0.15, 0.2) is 30.3 Å². The third-order valence-electron chi connectivity index (χ3n) is 3.34. The van der Waals surface area contributed by atoms with Gasteiger partial charge >= 0.3 is 0 Å². The lowest BCUT2D eigenvalue weighted by Gasteiger charge is -2.12. The highest BCUT2D eigenvalue weighted by Crippen LogP contribution is 2.33. The molecule has 0 aliphatic carbocycles. The van der Waals surface area contributed by atoms with E-state index in [4.69, 9.17) is 16.3 Å². The number of hydrogen-bond acceptors (Lipinski definition) is 1. The molecule has 0 saturated heterocycles. The molecule has 1 aliphatic heterocycles. The molecular weight excluding hydrogens is 289 g/mol. The van der Waals surface area contributed by atoms with Crippen LogP contribution in [0.4, 0.5) is 13.2 Å². The van der Waals surface area contributed by atoms with E-state index in [2.05, 4.69) is 0 Å². The molecule has 1 aliphatic rings. The van der Waals surface area contributed by atoms with E-state index in [0.29, 0.717) is 18.8 Å².